The molecule has 2 aromatic carbocycles. The number of thiazole rings is 1. The van der Waals surface area contributed by atoms with Crippen molar-refractivity contribution in [2.75, 3.05) is 33.3 Å². The van der Waals surface area contributed by atoms with E-state index in [0.717, 1.165) is 16.3 Å². The number of aromatic nitrogens is 3. The van der Waals surface area contributed by atoms with Gasteiger partial charge in [0.25, 0.3) is 11.8 Å². The highest BCUT2D eigenvalue weighted by Crippen LogP contribution is 2.25. The van der Waals surface area contributed by atoms with E-state index in [0.29, 0.717) is 43.2 Å². The zero-order valence-corrected chi connectivity index (χ0v) is 19.4. The number of piperazine rings is 1. The van der Waals surface area contributed by atoms with Gasteiger partial charge in [0.2, 0.25) is 0 Å². The van der Waals surface area contributed by atoms with Gasteiger partial charge in [-0.1, -0.05) is 18.2 Å². The Hall–Kier alpha value is -3.98. The number of para-hydroxylation sites is 1. The Morgan fingerprint density at radius 2 is 1.59 bits per heavy atom. The number of hydrogen-bond acceptors (Lipinski definition) is 6. The zero-order chi connectivity index (χ0) is 23.5. The Bertz CT molecular complexity index is 1290. The normalized spacial score (nSPS) is 13.7. The van der Waals surface area contributed by atoms with Crippen molar-refractivity contribution in [2.24, 2.45) is 0 Å². The molecular formula is C25H23N5O3S. The topological polar surface area (TPSA) is 80.6 Å². The van der Waals surface area contributed by atoms with E-state index in [-0.39, 0.29) is 11.8 Å². The second-order valence-electron chi connectivity index (χ2n) is 7.86. The lowest BCUT2D eigenvalue weighted by atomic mass is 10.1. The number of nitrogens with zero attached hydrogens (tertiary/aromatic N) is 5. The van der Waals surface area contributed by atoms with Crippen molar-refractivity contribution in [3.8, 4) is 22.0 Å². The molecule has 1 saturated heterocycles. The summed E-state index contributed by atoms with van der Waals surface area (Å²) in [5, 5.41) is 6.94. The van der Waals surface area contributed by atoms with E-state index < -0.39 is 0 Å². The minimum absolute atomic E-state index is 0.0406. The first-order valence-corrected chi connectivity index (χ1v) is 11.8. The molecule has 2 aromatic heterocycles. The molecule has 5 rings (SSSR count). The quantitative estimate of drug-likeness (QED) is 0.442. The first-order chi connectivity index (χ1) is 16.6. The van der Waals surface area contributed by atoms with Crippen molar-refractivity contribution in [3.63, 3.8) is 0 Å². The molecule has 0 atom stereocenters. The minimum Gasteiger partial charge on any atom is -0.497 e. The maximum atomic E-state index is 13.0. The predicted molar refractivity (Wildman–Crippen MR) is 129 cm³/mol. The van der Waals surface area contributed by atoms with Crippen LogP contribution in [0, 0.1) is 0 Å². The zero-order valence-electron chi connectivity index (χ0n) is 18.6. The fourth-order valence-corrected chi connectivity index (χ4v) is 4.62. The number of ether oxygens (including phenoxy) is 1. The molecule has 3 heterocycles. The lowest BCUT2D eigenvalue weighted by molar-refractivity contribution is 0.0533. The van der Waals surface area contributed by atoms with E-state index in [1.807, 2.05) is 36.5 Å². The molecule has 0 saturated carbocycles. The number of carbonyl (C=O) groups is 2. The number of rotatable bonds is 5. The Morgan fingerprint density at radius 1 is 0.912 bits per heavy atom. The molecule has 0 unspecified atom stereocenters. The van der Waals surface area contributed by atoms with Crippen LogP contribution in [0.2, 0.25) is 0 Å². The van der Waals surface area contributed by atoms with Crippen LogP contribution in [0.25, 0.3) is 16.3 Å². The van der Waals surface area contributed by atoms with Crippen LogP contribution in [-0.2, 0) is 0 Å². The molecule has 1 fully saturated rings. The van der Waals surface area contributed by atoms with Crippen LogP contribution in [0.5, 0.6) is 5.75 Å². The molecule has 0 N–H and O–H groups in total. The summed E-state index contributed by atoms with van der Waals surface area (Å²) in [6.45, 7) is 1.91. The van der Waals surface area contributed by atoms with E-state index in [9.17, 15) is 9.59 Å². The van der Waals surface area contributed by atoms with E-state index in [2.05, 4.69) is 10.1 Å². The standard InChI is InChI=1S/C25H23N5O3S/c1-33-21-9-7-18(8-10-21)24(31)28-11-13-29(14-12-28)25(32)22-17-34-23(27-22)19-15-26-30(16-19)20-5-3-2-4-6-20/h2-10,15-17H,11-14H2,1H3. The Labute approximate surface area is 201 Å². The maximum Gasteiger partial charge on any atom is 0.273 e. The van der Waals surface area contributed by atoms with Gasteiger partial charge in [0.1, 0.15) is 16.5 Å². The molecule has 9 heteroatoms. The van der Waals surface area contributed by atoms with E-state index in [4.69, 9.17) is 4.74 Å². The van der Waals surface area contributed by atoms with Crippen LogP contribution in [0.15, 0.2) is 72.4 Å². The largest absolute Gasteiger partial charge is 0.497 e. The predicted octanol–water partition coefficient (Wildman–Crippen LogP) is 3.60. The highest BCUT2D eigenvalue weighted by atomic mass is 32.1. The number of benzene rings is 2. The molecule has 172 valence electrons. The van der Waals surface area contributed by atoms with Gasteiger partial charge < -0.3 is 14.5 Å². The number of hydrogen-bond donors (Lipinski definition) is 0. The average Bonchev–Trinajstić information content (AvgIpc) is 3.59. The van der Waals surface area contributed by atoms with Gasteiger partial charge in [-0.2, -0.15) is 5.10 Å². The van der Waals surface area contributed by atoms with E-state index in [1.54, 1.807) is 57.4 Å². The van der Waals surface area contributed by atoms with Crippen LogP contribution < -0.4 is 4.74 Å². The van der Waals surface area contributed by atoms with Gasteiger partial charge in [-0.25, -0.2) is 9.67 Å². The van der Waals surface area contributed by atoms with Gasteiger partial charge in [-0.15, -0.1) is 11.3 Å². The smallest absolute Gasteiger partial charge is 0.273 e. The number of methoxy groups -OCH3 is 1. The summed E-state index contributed by atoms with van der Waals surface area (Å²) in [5.74, 6) is 0.553. The molecule has 0 bridgehead atoms. The highest BCUT2D eigenvalue weighted by molar-refractivity contribution is 7.13. The lowest BCUT2D eigenvalue weighted by Gasteiger charge is -2.34. The van der Waals surface area contributed by atoms with Gasteiger partial charge in [0, 0.05) is 48.9 Å². The SMILES string of the molecule is COc1ccc(C(=O)N2CCN(C(=O)c3csc(-c4cnn(-c5ccccc5)c4)n3)CC2)cc1. The molecule has 1 aliphatic heterocycles. The van der Waals surface area contributed by atoms with Gasteiger partial charge >= 0.3 is 0 Å². The second kappa shape index (κ2) is 9.48. The summed E-state index contributed by atoms with van der Waals surface area (Å²) >= 11 is 1.42. The van der Waals surface area contributed by atoms with Gasteiger partial charge in [0.05, 0.1) is 19.0 Å². The summed E-state index contributed by atoms with van der Waals surface area (Å²) < 4.78 is 6.94. The monoisotopic (exact) mass is 473 g/mol. The molecular weight excluding hydrogens is 450 g/mol. The highest BCUT2D eigenvalue weighted by Gasteiger charge is 2.27. The van der Waals surface area contributed by atoms with Crippen molar-refractivity contribution in [1.82, 2.24) is 24.6 Å². The van der Waals surface area contributed by atoms with Gasteiger partial charge in [-0.3, -0.25) is 9.59 Å². The fourth-order valence-electron chi connectivity index (χ4n) is 3.85. The van der Waals surface area contributed by atoms with Gasteiger partial charge in [0.15, 0.2) is 0 Å². The van der Waals surface area contributed by atoms with Crippen molar-refractivity contribution in [3.05, 3.63) is 83.6 Å². The average molecular weight is 474 g/mol. The minimum atomic E-state index is -0.116. The summed E-state index contributed by atoms with van der Waals surface area (Å²) in [4.78, 5) is 33.9. The maximum absolute atomic E-state index is 13.0. The molecule has 8 nitrogen and oxygen atoms in total. The van der Waals surface area contributed by atoms with Crippen LogP contribution >= 0.6 is 11.3 Å². The molecule has 0 aliphatic carbocycles. The number of carbonyl (C=O) groups excluding carboxylic acids is 2. The molecule has 1 aliphatic rings. The first kappa shape index (κ1) is 21.8. The third-order valence-corrected chi connectivity index (χ3v) is 6.66. The van der Waals surface area contributed by atoms with Crippen LogP contribution in [0.3, 0.4) is 0 Å². The lowest BCUT2D eigenvalue weighted by Crippen LogP contribution is -2.50. The molecule has 4 aromatic rings. The van der Waals surface area contributed by atoms with E-state index >= 15 is 0 Å². The van der Waals surface area contributed by atoms with Gasteiger partial charge in [-0.05, 0) is 36.4 Å². The first-order valence-electron chi connectivity index (χ1n) is 10.9. The Morgan fingerprint density at radius 3 is 2.26 bits per heavy atom. The number of amides is 2. The molecule has 34 heavy (non-hydrogen) atoms. The fraction of sp³-hybridized carbons (Fsp3) is 0.200. The summed E-state index contributed by atoms with van der Waals surface area (Å²) in [7, 11) is 1.59. The van der Waals surface area contributed by atoms with Crippen molar-refractivity contribution < 1.29 is 14.3 Å². The Kier molecular flexibility index (Phi) is 6.09. The molecule has 0 spiro atoms. The molecule has 2 amide bonds. The van der Waals surface area contributed by atoms with Crippen LogP contribution in [0.1, 0.15) is 20.8 Å². The van der Waals surface area contributed by atoms with Crippen molar-refractivity contribution in [1.29, 1.82) is 0 Å². The van der Waals surface area contributed by atoms with E-state index in [1.165, 1.54) is 11.3 Å². The third-order valence-electron chi connectivity index (χ3n) is 5.76. The molecule has 0 radical (unpaired) electrons. The summed E-state index contributed by atoms with van der Waals surface area (Å²) in [6, 6.07) is 16.9. The van der Waals surface area contributed by atoms with Crippen molar-refractivity contribution in [2.45, 2.75) is 0 Å². The van der Waals surface area contributed by atoms with Crippen LogP contribution in [-0.4, -0.2) is 69.7 Å². The van der Waals surface area contributed by atoms with Crippen molar-refractivity contribution >= 4 is 23.2 Å². The second-order valence-corrected chi connectivity index (χ2v) is 8.72. The summed E-state index contributed by atoms with van der Waals surface area (Å²) in [6.07, 6.45) is 3.66. The Balaban J connectivity index is 1.21. The third kappa shape index (κ3) is 4.42. The summed E-state index contributed by atoms with van der Waals surface area (Å²) in [5.41, 5.74) is 2.86. The van der Waals surface area contributed by atoms with Crippen LogP contribution in [0.4, 0.5) is 0 Å².